The van der Waals surface area contributed by atoms with Crippen molar-refractivity contribution in [2.24, 2.45) is 0 Å². The maximum atomic E-state index is 15.2. The van der Waals surface area contributed by atoms with E-state index in [4.69, 9.17) is 49.1 Å². The summed E-state index contributed by atoms with van der Waals surface area (Å²) >= 11 is 12.5. The molecule has 12 aromatic rings. The molecule has 0 bridgehead atoms. The molecule has 0 fully saturated rings. The fraction of sp³-hybridized carbons (Fsp3) is 0.111. The van der Waals surface area contributed by atoms with E-state index in [1.54, 1.807) is 86.9 Å². The molecule has 27 heteroatoms. The Balaban J connectivity index is 0.000000151. The van der Waals surface area contributed by atoms with Gasteiger partial charge >= 0.3 is 0 Å². The average molecular weight is 1140 g/mol. The molecule has 0 saturated heterocycles. The topological polar surface area (TPSA) is 284 Å². The first-order valence-corrected chi connectivity index (χ1v) is 24.7. The van der Waals surface area contributed by atoms with Crippen LogP contribution in [-0.2, 0) is 0 Å². The lowest BCUT2D eigenvalue weighted by atomic mass is 10.1. The third-order valence-electron chi connectivity index (χ3n) is 12.6. The number of benzene rings is 4. The lowest BCUT2D eigenvalue weighted by Gasteiger charge is -2.19. The molecule has 0 aliphatic heterocycles. The van der Waals surface area contributed by atoms with Gasteiger partial charge in [-0.15, -0.1) is 0 Å². The van der Waals surface area contributed by atoms with E-state index in [1.165, 1.54) is 77.3 Å². The van der Waals surface area contributed by atoms with E-state index < -0.39 is 41.0 Å². The molecule has 0 saturated carbocycles. The van der Waals surface area contributed by atoms with Gasteiger partial charge in [0.2, 0.25) is 11.6 Å². The summed E-state index contributed by atoms with van der Waals surface area (Å²) in [6, 6.07) is 21.4. The van der Waals surface area contributed by atoms with Crippen LogP contribution in [0.4, 0.5) is 29.2 Å². The number of fused-ring (bicyclic) bond motifs is 4. The van der Waals surface area contributed by atoms with E-state index >= 15 is 4.39 Å². The molecule has 4 aromatic carbocycles. The first-order chi connectivity index (χ1) is 39.0. The minimum Gasteiger partial charge on any atom is -0.494 e. The van der Waals surface area contributed by atoms with Crippen molar-refractivity contribution in [2.45, 2.75) is 26.0 Å². The van der Waals surface area contributed by atoms with Gasteiger partial charge in [-0.3, -0.25) is 33.8 Å². The van der Waals surface area contributed by atoms with Crippen LogP contribution < -0.4 is 32.1 Å². The van der Waals surface area contributed by atoms with Crippen LogP contribution in [0.3, 0.4) is 0 Å². The number of hydrogen-bond acceptors (Lipinski definition) is 17. The fourth-order valence-electron chi connectivity index (χ4n) is 8.84. The number of pyridine rings is 2. The van der Waals surface area contributed by atoms with Crippen molar-refractivity contribution in [3.8, 4) is 45.4 Å². The van der Waals surface area contributed by atoms with Gasteiger partial charge in [-0.1, -0.05) is 35.3 Å². The maximum absolute atomic E-state index is 15.2. The number of nitrogens with one attached hydrogen (secondary N) is 1. The van der Waals surface area contributed by atoms with Gasteiger partial charge < -0.3 is 26.0 Å². The molecule has 12 rings (SSSR count). The van der Waals surface area contributed by atoms with Crippen molar-refractivity contribution in [3.63, 3.8) is 0 Å². The Labute approximate surface area is 463 Å². The summed E-state index contributed by atoms with van der Waals surface area (Å²) in [6.45, 7) is 3.30. The van der Waals surface area contributed by atoms with E-state index in [-0.39, 0.29) is 89.9 Å². The van der Waals surface area contributed by atoms with Crippen LogP contribution in [0.15, 0.2) is 132 Å². The van der Waals surface area contributed by atoms with Gasteiger partial charge in [0, 0.05) is 23.5 Å². The average Bonchev–Trinajstić information content (AvgIpc) is 4.11. The first-order valence-electron chi connectivity index (χ1n) is 23.9. The molecular weight excluding hydrogens is 1100 g/mol. The van der Waals surface area contributed by atoms with Crippen molar-refractivity contribution >= 4 is 78.7 Å². The van der Waals surface area contributed by atoms with Crippen LogP contribution in [0.25, 0.3) is 77.8 Å². The summed E-state index contributed by atoms with van der Waals surface area (Å²) in [5, 5.41) is 22.7. The molecule has 8 heterocycles. The second-order valence-electron chi connectivity index (χ2n) is 17.5. The molecule has 0 amide bonds. The maximum Gasteiger partial charge on any atom is 0.267 e. The molecule has 0 radical (unpaired) electrons. The van der Waals surface area contributed by atoms with Crippen LogP contribution >= 0.6 is 23.2 Å². The van der Waals surface area contributed by atoms with E-state index in [0.717, 1.165) is 0 Å². The fourth-order valence-corrected chi connectivity index (χ4v) is 9.34. The summed E-state index contributed by atoms with van der Waals surface area (Å²) in [4.78, 5) is 60.0. The number of aliphatic hydroxyl groups is 1. The Kier molecular flexibility index (Phi) is 15.0. The Morgan fingerprint density at radius 3 is 1.68 bits per heavy atom. The van der Waals surface area contributed by atoms with Crippen molar-refractivity contribution < 1.29 is 32.1 Å². The predicted octanol–water partition coefficient (Wildman–Crippen LogP) is 9.10. The van der Waals surface area contributed by atoms with Gasteiger partial charge in [-0.05, 0) is 86.6 Å². The molecule has 0 spiro atoms. The highest BCUT2D eigenvalue weighted by atomic mass is 35.5. The number of hydrogen-bond donors (Lipinski definition) is 4. The molecule has 0 aliphatic carbocycles. The van der Waals surface area contributed by atoms with E-state index in [2.05, 4.69) is 50.2 Å². The number of H-pyrrole nitrogens is 1. The highest BCUT2D eigenvalue weighted by Gasteiger charge is 2.29. The number of nitrogen functional groups attached to an aromatic ring is 2. The number of anilines is 2. The number of methoxy groups -OCH3 is 2. The Bertz CT molecular complexity index is 4510. The van der Waals surface area contributed by atoms with Gasteiger partial charge in [-0.2, -0.15) is 19.0 Å². The second kappa shape index (κ2) is 22.4. The molecule has 0 aliphatic rings. The lowest BCUT2D eigenvalue weighted by Crippen LogP contribution is -2.28. The predicted molar refractivity (Wildman–Crippen MR) is 294 cm³/mol. The minimum absolute atomic E-state index is 0.0111. The zero-order valence-corrected chi connectivity index (χ0v) is 44.0. The summed E-state index contributed by atoms with van der Waals surface area (Å²) in [6.07, 6.45) is 7.82. The number of aliphatic hydroxyl groups excluding tert-OH is 1. The Morgan fingerprint density at radius 1 is 0.617 bits per heavy atom. The number of nitrogens with zero attached hydrogens (tertiary/aromatic N) is 13. The van der Waals surface area contributed by atoms with Crippen LogP contribution in [0.5, 0.6) is 11.5 Å². The second-order valence-corrected chi connectivity index (χ2v) is 18.3. The van der Waals surface area contributed by atoms with E-state index in [0.29, 0.717) is 38.2 Å². The summed E-state index contributed by atoms with van der Waals surface area (Å²) < 4.78 is 71.5. The van der Waals surface area contributed by atoms with Gasteiger partial charge in [0.05, 0.1) is 86.3 Å². The van der Waals surface area contributed by atoms with Crippen LogP contribution in [0.2, 0.25) is 10.0 Å². The molecule has 0 unspecified atom stereocenters. The monoisotopic (exact) mass is 1140 g/mol. The lowest BCUT2D eigenvalue weighted by molar-refractivity contribution is 0.186. The van der Waals surface area contributed by atoms with E-state index in [1.807, 2.05) is 0 Å². The molecule has 81 heavy (non-hydrogen) atoms. The number of aromatic nitrogens is 14. The number of ether oxygens (including phenoxy) is 2. The summed E-state index contributed by atoms with van der Waals surface area (Å²) in [5.41, 5.74) is 13.5. The van der Waals surface area contributed by atoms with Crippen molar-refractivity contribution in [2.75, 3.05) is 25.7 Å². The molecule has 2 atom stereocenters. The molecule has 8 aromatic heterocycles. The van der Waals surface area contributed by atoms with Gasteiger partial charge in [0.15, 0.2) is 34.4 Å². The standard InChI is InChI=1S/C27H19ClF2N8O2.C15H12ClN3O2.C12H9F2N5O/c1-13(25-35-17-7-3-6-16(28)19(17)27(39)37(25)14-5-4-10-32-11-14)38-26-20(24(31)33-12-34-26)23(36-38)15-8-9-18(40-2)22(30)21(15)29;1-9(20)14-18-12-6-2-5-11(16)13(12)15(21)19(14)10-4-3-7-17-8-10;1-20-6-3-2-5(8(13)9(6)14)10-7-11(15)16-4-17-12(7)19-18-10/h3-13H,1-2H3,(H2,31,33,34);2-9,20H,1H3;2-4H,1H3,(H3,15,16,17,18,19)/t13-;9-;/m10./s1. The van der Waals surface area contributed by atoms with Crippen molar-refractivity contribution in [1.82, 2.24) is 69.0 Å². The van der Waals surface area contributed by atoms with Gasteiger partial charge in [0.1, 0.15) is 53.8 Å². The van der Waals surface area contributed by atoms with Crippen LogP contribution in [-0.4, -0.2) is 88.3 Å². The SMILES string of the molecule is COc1ccc(-c2[nH]nc3ncnc(N)c23)c(F)c1F.COc1ccc(-c2nn([C@H](C)c3nc4cccc(Cl)c4c(=O)n3-c3cccnc3)c3ncnc(N)c23)c(F)c1F.C[C@H](O)c1nc2cccc(Cl)c2c(=O)n1-c1cccnc1. The third-order valence-corrected chi connectivity index (χ3v) is 13.3. The number of rotatable bonds is 9. The molecular formula is C54H40Cl2F4N16O5. The first kappa shape index (κ1) is 54.4. The van der Waals surface area contributed by atoms with Gasteiger partial charge in [0.25, 0.3) is 11.1 Å². The van der Waals surface area contributed by atoms with Crippen molar-refractivity contribution in [1.29, 1.82) is 0 Å². The highest BCUT2D eigenvalue weighted by Crippen LogP contribution is 2.38. The number of aromatic amines is 1. The minimum atomic E-state index is -1.18. The normalized spacial score (nSPS) is 12.0. The zero-order valence-electron chi connectivity index (χ0n) is 42.5. The summed E-state index contributed by atoms with van der Waals surface area (Å²) in [5.74, 6) is -4.27. The quantitative estimate of drug-likeness (QED) is 0.0980. The van der Waals surface area contributed by atoms with Crippen LogP contribution in [0.1, 0.15) is 37.6 Å². The van der Waals surface area contributed by atoms with Crippen LogP contribution in [0, 0.1) is 23.3 Å². The summed E-state index contributed by atoms with van der Waals surface area (Å²) in [7, 11) is 2.50. The van der Waals surface area contributed by atoms with Gasteiger partial charge in [-0.25, -0.2) is 43.4 Å². The Hall–Kier alpha value is -9.98. The third kappa shape index (κ3) is 9.89. The smallest absolute Gasteiger partial charge is 0.267 e. The van der Waals surface area contributed by atoms with E-state index in [9.17, 15) is 27.9 Å². The molecule has 21 nitrogen and oxygen atoms in total. The Morgan fingerprint density at radius 2 is 1.14 bits per heavy atom. The highest BCUT2D eigenvalue weighted by molar-refractivity contribution is 6.35. The largest absolute Gasteiger partial charge is 0.494 e. The number of nitrogens with two attached hydrogens (primary N) is 2. The molecule has 408 valence electrons. The number of halogens is 6. The zero-order chi connectivity index (χ0) is 57.4. The molecule has 6 N–H and O–H groups in total. The van der Waals surface area contributed by atoms with Crippen molar-refractivity contribution in [3.05, 3.63) is 188 Å².